The van der Waals surface area contributed by atoms with Gasteiger partial charge in [-0.25, -0.2) is 0 Å². The van der Waals surface area contributed by atoms with Crippen molar-refractivity contribution in [3.63, 3.8) is 0 Å². The Hall–Kier alpha value is -1.37. The van der Waals surface area contributed by atoms with Crippen LogP contribution in [0.1, 0.15) is 36.0 Å². The molecular formula is C13H13NO2. The predicted molar refractivity (Wildman–Crippen MR) is 57.4 cm³/mol. The Balaban J connectivity index is 2.02. The second-order valence-electron chi connectivity index (χ2n) is 4.33. The van der Waals surface area contributed by atoms with E-state index in [0.29, 0.717) is 12.2 Å². The van der Waals surface area contributed by atoms with E-state index in [1.165, 1.54) is 0 Å². The van der Waals surface area contributed by atoms with E-state index in [0.717, 1.165) is 37.0 Å². The number of rotatable bonds is 0. The van der Waals surface area contributed by atoms with Crippen molar-refractivity contribution in [3.8, 4) is 6.07 Å². The van der Waals surface area contributed by atoms with Gasteiger partial charge in [0.05, 0.1) is 24.8 Å². The smallest absolute Gasteiger partial charge is 0.195 e. The topological polar surface area (TPSA) is 42.2 Å². The molecule has 3 nitrogen and oxygen atoms in total. The average molecular weight is 215 g/mol. The van der Waals surface area contributed by atoms with E-state index in [9.17, 15) is 0 Å². The Morgan fingerprint density at radius 2 is 2.19 bits per heavy atom. The van der Waals surface area contributed by atoms with E-state index in [2.05, 4.69) is 6.07 Å². The number of hydrogen-bond donors (Lipinski definition) is 0. The third-order valence-electron chi connectivity index (χ3n) is 3.34. The number of nitrogens with zero attached hydrogens (tertiary/aromatic N) is 1. The van der Waals surface area contributed by atoms with E-state index in [-0.39, 0.29) is 0 Å². The first-order valence-corrected chi connectivity index (χ1v) is 5.65. The van der Waals surface area contributed by atoms with Crippen LogP contribution < -0.4 is 0 Å². The summed E-state index contributed by atoms with van der Waals surface area (Å²) in [6.07, 6.45) is 3.17. The largest absolute Gasteiger partial charge is 0.346 e. The molecule has 82 valence electrons. The molecule has 1 unspecified atom stereocenters. The van der Waals surface area contributed by atoms with Gasteiger partial charge in [-0.1, -0.05) is 6.07 Å². The van der Waals surface area contributed by atoms with Crippen molar-refractivity contribution in [1.29, 1.82) is 5.26 Å². The van der Waals surface area contributed by atoms with Gasteiger partial charge in [0.1, 0.15) is 0 Å². The molecule has 0 radical (unpaired) electrons. The predicted octanol–water partition coefficient (Wildman–Crippen LogP) is 2.44. The first-order chi connectivity index (χ1) is 7.84. The van der Waals surface area contributed by atoms with Crippen LogP contribution in [0.2, 0.25) is 0 Å². The van der Waals surface area contributed by atoms with Crippen LogP contribution in [0.4, 0.5) is 0 Å². The lowest BCUT2D eigenvalue weighted by molar-refractivity contribution is -0.257. The molecule has 0 N–H and O–H groups in total. The molecule has 2 heterocycles. The second kappa shape index (κ2) is 3.58. The van der Waals surface area contributed by atoms with Crippen LogP contribution in [0.5, 0.6) is 0 Å². The number of nitriles is 1. The van der Waals surface area contributed by atoms with E-state index < -0.39 is 5.79 Å². The minimum absolute atomic E-state index is 0.512. The molecule has 3 heteroatoms. The van der Waals surface area contributed by atoms with Crippen LogP contribution in [0.25, 0.3) is 0 Å². The van der Waals surface area contributed by atoms with Crippen molar-refractivity contribution < 1.29 is 9.47 Å². The first-order valence-electron chi connectivity index (χ1n) is 5.65. The minimum atomic E-state index is -0.512. The summed E-state index contributed by atoms with van der Waals surface area (Å²) in [6.45, 7) is 1.32. The average Bonchev–Trinajstić information content (AvgIpc) is 2.69. The summed E-state index contributed by atoms with van der Waals surface area (Å²) in [5.41, 5.74) is 2.90. The minimum Gasteiger partial charge on any atom is -0.346 e. The Morgan fingerprint density at radius 1 is 1.25 bits per heavy atom. The number of hydrogen-bond acceptors (Lipinski definition) is 3. The lowest BCUT2D eigenvalue weighted by Gasteiger charge is -2.33. The highest BCUT2D eigenvalue weighted by Gasteiger charge is 2.42. The van der Waals surface area contributed by atoms with E-state index >= 15 is 0 Å². The maximum Gasteiger partial charge on any atom is 0.195 e. The summed E-state index contributed by atoms with van der Waals surface area (Å²) in [7, 11) is 0. The van der Waals surface area contributed by atoms with Crippen LogP contribution in [0.3, 0.4) is 0 Å². The van der Waals surface area contributed by atoms with E-state index in [1.54, 1.807) is 0 Å². The quantitative estimate of drug-likeness (QED) is 0.667. The highest BCUT2D eigenvalue weighted by atomic mass is 16.7. The monoisotopic (exact) mass is 215 g/mol. The van der Waals surface area contributed by atoms with Gasteiger partial charge >= 0.3 is 0 Å². The number of benzene rings is 1. The molecule has 1 saturated heterocycles. The SMILES string of the molecule is N#Cc1ccc2c(c1)COC21CCCCO1. The molecule has 1 fully saturated rings. The van der Waals surface area contributed by atoms with Gasteiger partial charge in [-0.3, -0.25) is 0 Å². The van der Waals surface area contributed by atoms with Gasteiger partial charge in [-0.05, 0) is 30.5 Å². The molecule has 16 heavy (non-hydrogen) atoms. The van der Waals surface area contributed by atoms with Gasteiger partial charge in [-0.2, -0.15) is 5.26 Å². The molecule has 0 bridgehead atoms. The second-order valence-corrected chi connectivity index (χ2v) is 4.33. The van der Waals surface area contributed by atoms with Crippen molar-refractivity contribution in [2.75, 3.05) is 6.61 Å². The molecule has 3 rings (SSSR count). The lowest BCUT2D eigenvalue weighted by Crippen LogP contribution is -2.32. The summed E-state index contributed by atoms with van der Waals surface area (Å²) in [4.78, 5) is 0. The Bertz CT molecular complexity index is 455. The summed E-state index contributed by atoms with van der Waals surface area (Å²) >= 11 is 0. The van der Waals surface area contributed by atoms with Crippen LogP contribution in [-0.4, -0.2) is 6.61 Å². The van der Waals surface area contributed by atoms with Gasteiger partial charge in [0, 0.05) is 12.0 Å². The fourth-order valence-electron chi connectivity index (χ4n) is 2.52. The fraction of sp³-hybridized carbons (Fsp3) is 0.462. The van der Waals surface area contributed by atoms with Crippen LogP contribution >= 0.6 is 0 Å². The number of ether oxygens (including phenoxy) is 2. The van der Waals surface area contributed by atoms with Crippen molar-refractivity contribution in [3.05, 3.63) is 34.9 Å². The third kappa shape index (κ3) is 1.35. The molecule has 0 aliphatic carbocycles. The standard InChI is InChI=1S/C13H13NO2/c14-8-10-3-4-12-11(7-10)9-16-13(12)5-1-2-6-15-13/h3-4,7H,1-2,5-6,9H2. The zero-order valence-corrected chi connectivity index (χ0v) is 9.03. The van der Waals surface area contributed by atoms with Gasteiger partial charge in [0.25, 0.3) is 0 Å². The molecular weight excluding hydrogens is 202 g/mol. The van der Waals surface area contributed by atoms with Crippen LogP contribution in [-0.2, 0) is 21.9 Å². The molecule has 1 aromatic carbocycles. The Morgan fingerprint density at radius 3 is 2.94 bits per heavy atom. The summed E-state index contributed by atoms with van der Waals surface area (Å²) in [5.74, 6) is -0.512. The molecule has 0 amide bonds. The van der Waals surface area contributed by atoms with Gasteiger partial charge in [0.15, 0.2) is 5.79 Å². The van der Waals surface area contributed by atoms with Crippen molar-refractivity contribution in [1.82, 2.24) is 0 Å². The maximum absolute atomic E-state index is 8.85. The molecule has 1 atom stereocenters. The van der Waals surface area contributed by atoms with Crippen molar-refractivity contribution in [2.45, 2.75) is 31.7 Å². The Labute approximate surface area is 94.6 Å². The highest BCUT2D eigenvalue weighted by Crippen LogP contribution is 2.43. The molecule has 1 aromatic rings. The highest BCUT2D eigenvalue weighted by molar-refractivity contribution is 5.41. The van der Waals surface area contributed by atoms with Crippen molar-refractivity contribution >= 4 is 0 Å². The number of fused-ring (bicyclic) bond motifs is 2. The first kappa shape index (κ1) is 9.83. The van der Waals surface area contributed by atoms with E-state index in [1.807, 2.05) is 18.2 Å². The normalized spacial score (nSPS) is 27.7. The summed E-state index contributed by atoms with van der Waals surface area (Å²) in [6, 6.07) is 7.88. The third-order valence-corrected chi connectivity index (χ3v) is 3.34. The molecule has 2 aliphatic rings. The zero-order chi connectivity index (χ0) is 11.0. The lowest BCUT2D eigenvalue weighted by atomic mass is 9.95. The molecule has 1 spiro atoms. The van der Waals surface area contributed by atoms with Gasteiger partial charge < -0.3 is 9.47 Å². The molecule has 0 saturated carbocycles. The summed E-state index contributed by atoms with van der Waals surface area (Å²) < 4.78 is 11.6. The summed E-state index contributed by atoms with van der Waals surface area (Å²) in [5, 5.41) is 8.85. The van der Waals surface area contributed by atoms with E-state index in [4.69, 9.17) is 14.7 Å². The molecule has 2 aliphatic heterocycles. The Kier molecular flexibility index (Phi) is 2.20. The molecule has 0 aromatic heterocycles. The van der Waals surface area contributed by atoms with Crippen molar-refractivity contribution in [2.24, 2.45) is 0 Å². The van der Waals surface area contributed by atoms with Gasteiger partial charge in [-0.15, -0.1) is 0 Å². The van der Waals surface area contributed by atoms with Crippen LogP contribution in [0.15, 0.2) is 18.2 Å². The zero-order valence-electron chi connectivity index (χ0n) is 9.03. The van der Waals surface area contributed by atoms with Gasteiger partial charge in [0.2, 0.25) is 0 Å². The fourth-order valence-corrected chi connectivity index (χ4v) is 2.52. The maximum atomic E-state index is 8.85. The van der Waals surface area contributed by atoms with Crippen LogP contribution in [0, 0.1) is 11.3 Å².